The zero-order valence-electron chi connectivity index (χ0n) is 11.5. The normalized spacial score (nSPS) is 38.4. The molecular formula is C14H26N2O2. The summed E-state index contributed by atoms with van der Waals surface area (Å²) in [7, 11) is 0. The third kappa shape index (κ3) is 3.23. The van der Waals surface area contributed by atoms with Gasteiger partial charge in [0.2, 0.25) is 5.91 Å². The second kappa shape index (κ2) is 6.02. The van der Waals surface area contributed by atoms with E-state index in [1.807, 2.05) is 6.92 Å². The van der Waals surface area contributed by atoms with Gasteiger partial charge in [-0.3, -0.25) is 4.79 Å². The topological polar surface area (TPSA) is 64.3 Å². The van der Waals surface area contributed by atoms with Crippen molar-refractivity contribution in [1.82, 2.24) is 5.32 Å². The molecule has 5 atom stereocenters. The number of ether oxygens (including phenoxy) is 1. The number of rotatable bonds is 3. The number of nitrogens with one attached hydrogen (secondary N) is 1. The first-order valence-corrected chi connectivity index (χ1v) is 7.25. The number of carbonyl (C=O) groups is 1. The Labute approximate surface area is 110 Å². The summed E-state index contributed by atoms with van der Waals surface area (Å²) in [6.07, 6.45) is 5.19. The van der Waals surface area contributed by atoms with E-state index in [0.717, 1.165) is 38.7 Å². The van der Waals surface area contributed by atoms with Crippen LogP contribution < -0.4 is 11.1 Å². The first-order chi connectivity index (χ1) is 8.58. The van der Waals surface area contributed by atoms with Crippen LogP contribution in [0.15, 0.2) is 0 Å². The van der Waals surface area contributed by atoms with Crippen molar-refractivity contribution in [2.45, 2.75) is 64.1 Å². The molecule has 18 heavy (non-hydrogen) atoms. The van der Waals surface area contributed by atoms with Gasteiger partial charge in [0.05, 0.1) is 12.1 Å². The van der Waals surface area contributed by atoms with Crippen LogP contribution in [0.3, 0.4) is 0 Å². The lowest BCUT2D eigenvalue weighted by molar-refractivity contribution is -0.128. The van der Waals surface area contributed by atoms with Crippen LogP contribution in [-0.2, 0) is 9.53 Å². The monoisotopic (exact) mass is 254 g/mol. The molecule has 2 fully saturated rings. The van der Waals surface area contributed by atoms with Crippen LogP contribution in [0.25, 0.3) is 0 Å². The zero-order valence-corrected chi connectivity index (χ0v) is 11.5. The number of hydrogen-bond acceptors (Lipinski definition) is 3. The van der Waals surface area contributed by atoms with Gasteiger partial charge in [0.25, 0.3) is 0 Å². The highest BCUT2D eigenvalue weighted by atomic mass is 16.5. The number of hydrogen-bond donors (Lipinski definition) is 2. The molecule has 104 valence electrons. The lowest BCUT2D eigenvalue weighted by atomic mass is 9.79. The molecule has 4 heteroatoms. The van der Waals surface area contributed by atoms with E-state index < -0.39 is 0 Å². The molecule has 1 saturated carbocycles. The molecule has 5 unspecified atom stereocenters. The summed E-state index contributed by atoms with van der Waals surface area (Å²) in [5.74, 6) is 0.785. The Bertz CT molecular complexity index is 290. The van der Waals surface area contributed by atoms with Gasteiger partial charge in [0, 0.05) is 18.6 Å². The van der Waals surface area contributed by atoms with Gasteiger partial charge in [-0.05, 0) is 44.9 Å². The Morgan fingerprint density at radius 3 is 2.78 bits per heavy atom. The highest BCUT2D eigenvalue weighted by Gasteiger charge is 2.31. The summed E-state index contributed by atoms with van der Waals surface area (Å²) in [4.78, 5) is 12.2. The van der Waals surface area contributed by atoms with Gasteiger partial charge in [-0.25, -0.2) is 0 Å². The first-order valence-electron chi connectivity index (χ1n) is 7.25. The van der Waals surface area contributed by atoms with Crippen molar-refractivity contribution in [1.29, 1.82) is 0 Å². The molecule has 3 N–H and O–H groups in total. The quantitative estimate of drug-likeness (QED) is 0.801. The highest BCUT2D eigenvalue weighted by Crippen LogP contribution is 2.28. The van der Waals surface area contributed by atoms with Crippen LogP contribution in [0.5, 0.6) is 0 Å². The molecule has 1 amide bonds. The van der Waals surface area contributed by atoms with Crippen LogP contribution in [0, 0.1) is 11.8 Å². The summed E-state index contributed by atoms with van der Waals surface area (Å²) in [5, 5.41) is 3.12. The number of nitrogens with two attached hydrogens (primary N) is 1. The third-order valence-electron chi connectivity index (χ3n) is 4.50. The van der Waals surface area contributed by atoms with E-state index in [4.69, 9.17) is 10.5 Å². The van der Waals surface area contributed by atoms with E-state index in [1.54, 1.807) is 0 Å². The predicted molar refractivity (Wildman–Crippen MR) is 71.1 cm³/mol. The molecule has 1 aliphatic heterocycles. The van der Waals surface area contributed by atoms with Gasteiger partial charge in [0.15, 0.2) is 0 Å². The van der Waals surface area contributed by atoms with Gasteiger partial charge in [-0.2, -0.15) is 0 Å². The summed E-state index contributed by atoms with van der Waals surface area (Å²) >= 11 is 0. The lowest BCUT2D eigenvalue weighted by Crippen LogP contribution is -2.46. The Morgan fingerprint density at radius 2 is 2.17 bits per heavy atom. The number of amides is 1. The van der Waals surface area contributed by atoms with Crippen LogP contribution in [0.1, 0.15) is 46.0 Å². The molecule has 2 rings (SSSR count). The number of carbonyl (C=O) groups excluding carboxylic acids is 1. The average Bonchev–Trinajstić information content (AvgIpc) is 2.86. The fourth-order valence-electron chi connectivity index (χ4n) is 3.09. The minimum Gasteiger partial charge on any atom is -0.376 e. The molecule has 4 nitrogen and oxygen atoms in total. The van der Waals surface area contributed by atoms with Gasteiger partial charge in [-0.15, -0.1) is 0 Å². The minimum atomic E-state index is 0.130. The molecular weight excluding hydrogens is 228 g/mol. The SMILES string of the molecule is CC1CC(C(=O)NC(C)C2CCCO2)CCC1N. The molecule has 0 aromatic heterocycles. The zero-order chi connectivity index (χ0) is 13.1. The minimum absolute atomic E-state index is 0.130. The van der Waals surface area contributed by atoms with Gasteiger partial charge < -0.3 is 15.8 Å². The van der Waals surface area contributed by atoms with E-state index in [0.29, 0.717) is 5.92 Å². The summed E-state index contributed by atoms with van der Waals surface area (Å²) in [5.41, 5.74) is 5.99. The van der Waals surface area contributed by atoms with E-state index >= 15 is 0 Å². The van der Waals surface area contributed by atoms with Crippen molar-refractivity contribution in [3.8, 4) is 0 Å². The maximum Gasteiger partial charge on any atom is 0.223 e. The molecule has 0 spiro atoms. The average molecular weight is 254 g/mol. The van der Waals surface area contributed by atoms with Crippen molar-refractivity contribution in [3.05, 3.63) is 0 Å². The van der Waals surface area contributed by atoms with E-state index in [-0.39, 0.29) is 30.0 Å². The fraction of sp³-hybridized carbons (Fsp3) is 0.929. The van der Waals surface area contributed by atoms with Crippen molar-refractivity contribution < 1.29 is 9.53 Å². The Hall–Kier alpha value is -0.610. The molecule has 0 aromatic carbocycles. The van der Waals surface area contributed by atoms with Crippen molar-refractivity contribution in [2.24, 2.45) is 17.6 Å². The molecule has 0 bridgehead atoms. The molecule has 0 aromatic rings. The van der Waals surface area contributed by atoms with Gasteiger partial charge in [-0.1, -0.05) is 6.92 Å². The fourth-order valence-corrected chi connectivity index (χ4v) is 3.09. The maximum atomic E-state index is 12.2. The molecule has 0 radical (unpaired) electrons. The van der Waals surface area contributed by atoms with Crippen LogP contribution >= 0.6 is 0 Å². The highest BCUT2D eigenvalue weighted by molar-refractivity contribution is 5.79. The molecule has 2 aliphatic rings. The summed E-state index contributed by atoms with van der Waals surface area (Å²) in [6, 6.07) is 0.399. The first kappa shape index (κ1) is 13.8. The van der Waals surface area contributed by atoms with Crippen LogP contribution in [0.4, 0.5) is 0 Å². The van der Waals surface area contributed by atoms with E-state index in [9.17, 15) is 4.79 Å². The third-order valence-corrected chi connectivity index (χ3v) is 4.50. The predicted octanol–water partition coefficient (Wildman–Crippen LogP) is 1.43. The Balaban J connectivity index is 1.80. The van der Waals surface area contributed by atoms with Crippen molar-refractivity contribution in [3.63, 3.8) is 0 Å². The second-order valence-corrected chi connectivity index (χ2v) is 6.00. The van der Waals surface area contributed by atoms with Crippen molar-refractivity contribution in [2.75, 3.05) is 6.61 Å². The van der Waals surface area contributed by atoms with E-state index in [2.05, 4.69) is 12.2 Å². The summed E-state index contributed by atoms with van der Waals surface area (Å²) < 4.78 is 5.61. The van der Waals surface area contributed by atoms with Crippen molar-refractivity contribution >= 4 is 5.91 Å². The summed E-state index contributed by atoms with van der Waals surface area (Å²) in [6.45, 7) is 5.03. The molecule has 1 heterocycles. The molecule has 1 saturated heterocycles. The van der Waals surface area contributed by atoms with Gasteiger partial charge in [0.1, 0.15) is 0 Å². The molecule has 1 aliphatic carbocycles. The lowest BCUT2D eigenvalue weighted by Gasteiger charge is -2.32. The largest absolute Gasteiger partial charge is 0.376 e. The Morgan fingerprint density at radius 1 is 1.39 bits per heavy atom. The smallest absolute Gasteiger partial charge is 0.223 e. The van der Waals surface area contributed by atoms with E-state index in [1.165, 1.54) is 0 Å². The Kier molecular flexibility index (Phi) is 4.62. The van der Waals surface area contributed by atoms with Gasteiger partial charge >= 0.3 is 0 Å². The second-order valence-electron chi connectivity index (χ2n) is 6.00. The van der Waals surface area contributed by atoms with Crippen LogP contribution in [0.2, 0.25) is 0 Å². The standard InChI is InChI=1S/C14H26N2O2/c1-9-8-11(5-6-12(9)15)14(17)16-10(2)13-4-3-7-18-13/h9-13H,3-8,15H2,1-2H3,(H,16,17). The maximum absolute atomic E-state index is 12.2. The van der Waals surface area contributed by atoms with Crippen LogP contribution in [-0.4, -0.2) is 30.7 Å².